The van der Waals surface area contributed by atoms with Crippen LogP contribution in [0.4, 0.5) is 5.82 Å². The van der Waals surface area contributed by atoms with Crippen LogP contribution >= 0.6 is 0 Å². The van der Waals surface area contributed by atoms with Gasteiger partial charge in [-0.15, -0.1) is 0 Å². The molecule has 0 radical (unpaired) electrons. The summed E-state index contributed by atoms with van der Waals surface area (Å²) < 4.78 is 5.65. The smallest absolute Gasteiger partial charge is 0.128 e. The molecule has 2 rings (SSSR count). The van der Waals surface area contributed by atoms with Crippen LogP contribution in [0.5, 0.6) is 0 Å². The predicted octanol–water partition coefficient (Wildman–Crippen LogP) is 1.72. The highest BCUT2D eigenvalue weighted by molar-refractivity contribution is 5.40. The van der Waals surface area contributed by atoms with Gasteiger partial charge in [-0.2, -0.15) is 0 Å². The van der Waals surface area contributed by atoms with Crippen LogP contribution in [0.2, 0.25) is 0 Å². The molecule has 1 unspecified atom stereocenters. The second-order valence-corrected chi connectivity index (χ2v) is 4.59. The van der Waals surface area contributed by atoms with E-state index < -0.39 is 0 Å². The maximum absolute atomic E-state index is 5.81. The maximum atomic E-state index is 5.81. The molecule has 0 aromatic carbocycles. The minimum atomic E-state index is 0.0460. The number of hydrogen-bond donors (Lipinski definition) is 1. The summed E-state index contributed by atoms with van der Waals surface area (Å²) in [4.78, 5) is 6.76. The van der Waals surface area contributed by atoms with Crippen molar-refractivity contribution in [2.45, 2.75) is 32.4 Å². The first kappa shape index (κ1) is 12.3. The normalized spacial score (nSPS) is 22.5. The van der Waals surface area contributed by atoms with Crippen molar-refractivity contribution in [3.05, 3.63) is 23.9 Å². The van der Waals surface area contributed by atoms with Gasteiger partial charge in [0.15, 0.2) is 0 Å². The van der Waals surface area contributed by atoms with E-state index >= 15 is 0 Å². The lowest BCUT2D eigenvalue weighted by Crippen LogP contribution is -2.42. The van der Waals surface area contributed by atoms with E-state index in [2.05, 4.69) is 28.9 Å². The van der Waals surface area contributed by atoms with Crippen molar-refractivity contribution in [1.82, 2.24) is 4.98 Å². The Morgan fingerprint density at radius 3 is 3.00 bits per heavy atom. The van der Waals surface area contributed by atoms with Crippen LogP contribution in [0.15, 0.2) is 18.3 Å². The highest BCUT2D eigenvalue weighted by Gasteiger charge is 2.19. The summed E-state index contributed by atoms with van der Waals surface area (Å²) >= 11 is 0. The zero-order valence-corrected chi connectivity index (χ0v) is 10.6. The number of hydrogen-bond acceptors (Lipinski definition) is 4. The van der Waals surface area contributed by atoms with Gasteiger partial charge in [0.1, 0.15) is 5.82 Å². The molecule has 1 saturated heterocycles. The van der Waals surface area contributed by atoms with Crippen molar-refractivity contribution in [3.8, 4) is 0 Å². The number of pyridine rings is 1. The molecule has 0 aliphatic carbocycles. The van der Waals surface area contributed by atoms with Crippen molar-refractivity contribution in [2.24, 2.45) is 5.73 Å². The first-order valence-electron chi connectivity index (χ1n) is 6.28. The molecule has 17 heavy (non-hydrogen) atoms. The molecular formula is C13H21N3O. The monoisotopic (exact) mass is 235 g/mol. The molecule has 0 saturated carbocycles. The van der Waals surface area contributed by atoms with Crippen LogP contribution in [0.3, 0.4) is 0 Å². The van der Waals surface area contributed by atoms with Gasteiger partial charge in [-0.1, -0.05) is 13.0 Å². The molecule has 2 N–H and O–H groups in total. The van der Waals surface area contributed by atoms with Gasteiger partial charge >= 0.3 is 0 Å². The summed E-state index contributed by atoms with van der Waals surface area (Å²) in [6.45, 7) is 6.76. The molecule has 1 aliphatic heterocycles. The highest BCUT2D eigenvalue weighted by Crippen LogP contribution is 2.18. The van der Waals surface area contributed by atoms with E-state index in [-0.39, 0.29) is 6.04 Å². The maximum Gasteiger partial charge on any atom is 0.128 e. The predicted molar refractivity (Wildman–Crippen MR) is 69.1 cm³/mol. The molecule has 0 bridgehead atoms. The average Bonchev–Trinajstić information content (AvgIpc) is 2.39. The van der Waals surface area contributed by atoms with E-state index in [0.29, 0.717) is 6.10 Å². The fourth-order valence-corrected chi connectivity index (χ4v) is 2.03. The Morgan fingerprint density at radius 2 is 2.41 bits per heavy atom. The van der Waals surface area contributed by atoms with E-state index in [4.69, 9.17) is 10.5 Å². The zero-order chi connectivity index (χ0) is 12.3. The van der Waals surface area contributed by atoms with Crippen molar-refractivity contribution in [1.29, 1.82) is 0 Å². The van der Waals surface area contributed by atoms with Gasteiger partial charge < -0.3 is 15.4 Å². The van der Waals surface area contributed by atoms with Crippen LogP contribution in [-0.4, -0.2) is 30.8 Å². The number of rotatable bonds is 3. The van der Waals surface area contributed by atoms with E-state index in [1.807, 2.05) is 13.1 Å². The summed E-state index contributed by atoms with van der Waals surface area (Å²) in [6, 6.07) is 4.16. The Morgan fingerprint density at radius 1 is 1.59 bits per heavy atom. The van der Waals surface area contributed by atoms with Gasteiger partial charge in [0, 0.05) is 25.3 Å². The van der Waals surface area contributed by atoms with E-state index in [9.17, 15) is 0 Å². The van der Waals surface area contributed by atoms with Crippen LogP contribution in [0.1, 0.15) is 31.9 Å². The topological polar surface area (TPSA) is 51.4 Å². The fraction of sp³-hybridized carbons (Fsp3) is 0.615. The van der Waals surface area contributed by atoms with Gasteiger partial charge in [-0.3, -0.25) is 0 Å². The molecule has 4 heteroatoms. The van der Waals surface area contributed by atoms with E-state index in [1.54, 1.807) is 0 Å². The molecule has 1 fully saturated rings. The molecule has 94 valence electrons. The highest BCUT2D eigenvalue weighted by atomic mass is 16.5. The number of nitrogens with two attached hydrogens (primary N) is 1. The van der Waals surface area contributed by atoms with Gasteiger partial charge in [0.25, 0.3) is 0 Å². The summed E-state index contributed by atoms with van der Waals surface area (Å²) in [5, 5.41) is 0. The SMILES string of the molecule is CCC1CN(c2ccc([C@@H](C)N)cn2)CCO1. The molecule has 4 nitrogen and oxygen atoms in total. The average molecular weight is 235 g/mol. The van der Waals surface area contributed by atoms with Gasteiger partial charge in [0.2, 0.25) is 0 Å². The molecule has 1 aromatic heterocycles. The van der Waals surface area contributed by atoms with Crippen LogP contribution in [-0.2, 0) is 4.74 Å². The Balaban J connectivity index is 2.06. The third-order valence-electron chi connectivity index (χ3n) is 3.21. The van der Waals surface area contributed by atoms with Gasteiger partial charge in [-0.25, -0.2) is 4.98 Å². The Bertz CT molecular complexity index is 350. The second kappa shape index (κ2) is 5.47. The minimum absolute atomic E-state index is 0.0460. The Labute approximate surface area is 103 Å². The minimum Gasteiger partial charge on any atom is -0.375 e. The third-order valence-corrected chi connectivity index (χ3v) is 3.21. The van der Waals surface area contributed by atoms with Crippen LogP contribution in [0.25, 0.3) is 0 Å². The number of aromatic nitrogens is 1. The van der Waals surface area contributed by atoms with Gasteiger partial charge in [-0.05, 0) is 25.0 Å². The zero-order valence-electron chi connectivity index (χ0n) is 10.6. The summed E-state index contributed by atoms with van der Waals surface area (Å²) in [7, 11) is 0. The van der Waals surface area contributed by atoms with Gasteiger partial charge in [0.05, 0.1) is 12.7 Å². The second-order valence-electron chi connectivity index (χ2n) is 4.59. The van der Waals surface area contributed by atoms with E-state index in [0.717, 1.165) is 37.5 Å². The Kier molecular flexibility index (Phi) is 3.97. The molecule has 1 aromatic rings. The lowest BCUT2D eigenvalue weighted by Gasteiger charge is -2.33. The number of ether oxygens (including phenoxy) is 1. The third kappa shape index (κ3) is 2.96. The number of nitrogens with zero attached hydrogens (tertiary/aromatic N) is 2. The quantitative estimate of drug-likeness (QED) is 0.866. The number of morpholine rings is 1. The fourth-order valence-electron chi connectivity index (χ4n) is 2.03. The summed E-state index contributed by atoms with van der Waals surface area (Å²) in [6.07, 6.45) is 3.25. The summed E-state index contributed by atoms with van der Waals surface area (Å²) in [5.74, 6) is 1.02. The first-order chi connectivity index (χ1) is 8.20. The standard InChI is InChI=1S/C13H21N3O/c1-3-12-9-16(6-7-17-12)13-5-4-11(8-15-13)10(2)14/h4-5,8,10,12H,3,6-7,9,14H2,1-2H3/t10-,12?/m1/s1. The lowest BCUT2D eigenvalue weighted by atomic mass is 10.1. The summed E-state index contributed by atoms with van der Waals surface area (Å²) in [5.41, 5.74) is 6.89. The van der Waals surface area contributed by atoms with Crippen molar-refractivity contribution < 1.29 is 4.74 Å². The molecular weight excluding hydrogens is 214 g/mol. The molecule has 0 amide bonds. The molecule has 2 atom stereocenters. The molecule has 1 aliphatic rings. The van der Waals surface area contributed by atoms with Crippen molar-refractivity contribution in [2.75, 3.05) is 24.6 Å². The largest absolute Gasteiger partial charge is 0.375 e. The lowest BCUT2D eigenvalue weighted by molar-refractivity contribution is 0.0381. The van der Waals surface area contributed by atoms with Crippen LogP contribution in [0, 0.1) is 0 Å². The Hall–Kier alpha value is -1.13. The van der Waals surface area contributed by atoms with E-state index in [1.165, 1.54) is 0 Å². The number of anilines is 1. The molecule has 2 heterocycles. The van der Waals surface area contributed by atoms with Crippen LogP contribution < -0.4 is 10.6 Å². The molecule has 0 spiro atoms. The van der Waals surface area contributed by atoms with Crippen molar-refractivity contribution in [3.63, 3.8) is 0 Å². The first-order valence-corrected chi connectivity index (χ1v) is 6.28. The van der Waals surface area contributed by atoms with Crippen molar-refractivity contribution >= 4 is 5.82 Å².